The van der Waals surface area contributed by atoms with E-state index in [4.69, 9.17) is 0 Å². The molecule has 2 heterocycles. The summed E-state index contributed by atoms with van der Waals surface area (Å²) < 4.78 is 1.78. The van der Waals surface area contributed by atoms with Crippen LogP contribution in [-0.4, -0.2) is 45.9 Å². The van der Waals surface area contributed by atoms with Crippen LogP contribution in [0.2, 0.25) is 0 Å². The van der Waals surface area contributed by atoms with Crippen LogP contribution in [0.5, 0.6) is 0 Å². The molecule has 0 spiro atoms. The fraction of sp³-hybridized carbons (Fsp3) is 0.364. The molecule has 2 rings (SSSR count). The molecular formula is C11H14N4O2. The maximum Gasteiger partial charge on any atom is 0.247 e. The standard InChI is InChI=1S/C11H14N4O2/c1-3-10(16)14-4-5-15(11(17)7-14)9-6-13(2)8-12-9/h3,6,8H,1,4-5,7H2,2H3. The van der Waals surface area contributed by atoms with Gasteiger partial charge in [0, 0.05) is 26.3 Å². The maximum absolute atomic E-state index is 11.9. The molecule has 1 aromatic heterocycles. The molecule has 6 heteroatoms. The summed E-state index contributed by atoms with van der Waals surface area (Å²) in [7, 11) is 1.85. The molecule has 1 fully saturated rings. The predicted octanol–water partition coefficient (Wildman–Crippen LogP) is -0.219. The van der Waals surface area contributed by atoms with Gasteiger partial charge in [0.15, 0.2) is 5.82 Å². The second-order valence-corrected chi connectivity index (χ2v) is 3.91. The zero-order chi connectivity index (χ0) is 12.4. The highest BCUT2D eigenvalue weighted by Crippen LogP contribution is 2.14. The van der Waals surface area contributed by atoms with Crippen molar-refractivity contribution in [2.45, 2.75) is 0 Å². The molecule has 0 bridgehead atoms. The van der Waals surface area contributed by atoms with Crippen LogP contribution in [0.3, 0.4) is 0 Å². The van der Waals surface area contributed by atoms with Crippen LogP contribution in [0.15, 0.2) is 25.2 Å². The summed E-state index contributed by atoms with van der Waals surface area (Å²) in [6.07, 6.45) is 4.65. The molecule has 0 aromatic carbocycles. The third-order valence-corrected chi connectivity index (χ3v) is 2.67. The molecule has 0 atom stereocenters. The number of aryl methyl sites for hydroxylation is 1. The highest BCUT2D eigenvalue weighted by Gasteiger charge is 2.27. The molecule has 6 nitrogen and oxygen atoms in total. The number of carbonyl (C=O) groups is 2. The average molecular weight is 234 g/mol. The van der Waals surface area contributed by atoms with E-state index in [2.05, 4.69) is 11.6 Å². The molecule has 1 aliphatic heterocycles. The van der Waals surface area contributed by atoms with Crippen molar-refractivity contribution in [3.05, 3.63) is 25.2 Å². The van der Waals surface area contributed by atoms with Crippen molar-refractivity contribution in [2.75, 3.05) is 24.5 Å². The van der Waals surface area contributed by atoms with Crippen molar-refractivity contribution in [1.29, 1.82) is 0 Å². The summed E-state index contributed by atoms with van der Waals surface area (Å²) >= 11 is 0. The number of imidazole rings is 1. The molecule has 0 saturated carbocycles. The van der Waals surface area contributed by atoms with Crippen LogP contribution >= 0.6 is 0 Å². The monoisotopic (exact) mass is 234 g/mol. The van der Waals surface area contributed by atoms with Crippen molar-refractivity contribution >= 4 is 17.6 Å². The Balaban J connectivity index is 2.08. The minimum atomic E-state index is -0.209. The van der Waals surface area contributed by atoms with Crippen molar-refractivity contribution in [3.8, 4) is 0 Å². The van der Waals surface area contributed by atoms with E-state index in [0.29, 0.717) is 18.9 Å². The Morgan fingerprint density at radius 3 is 2.82 bits per heavy atom. The van der Waals surface area contributed by atoms with Crippen LogP contribution in [-0.2, 0) is 16.6 Å². The van der Waals surface area contributed by atoms with Gasteiger partial charge in [-0.2, -0.15) is 0 Å². The number of aromatic nitrogens is 2. The number of nitrogens with zero attached hydrogens (tertiary/aromatic N) is 4. The van der Waals surface area contributed by atoms with Gasteiger partial charge in [0.25, 0.3) is 0 Å². The molecule has 0 N–H and O–H groups in total. The maximum atomic E-state index is 11.9. The van der Waals surface area contributed by atoms with Crippen molar-refractivity contribution in [1.82, 2.24) is 14.5 Å². The van der Waals surface area contributed by atoms with Gasteiger partial charge in [-0.1, -0.05) is 6.58 Å². The summed E-state index contributed by atoms with van der Waals surface area (Å²) in [4.78, 5) is 30.5. The number of amides is 2. The summed E-state index contributed by atoms with van der Waals surface area (Å²) in [6, 6.07) is 0. The lowest BCUT2D eigenvalue weighted by Gasteiger charge is -2.32. The number of rotatable bonds is 2. The summed E-state index contributed by atoms with van der Waals surface area (Å²) in [5.41, 5.74) is 0. The summed E-state index contributed by atoms with van der Waals surface area (Å²) in [6.45, 7) is 4.47. The number of hydrogen-bond donors (Lipinski definition) is 0. The van der Waals surface area contributed by atoms with Gasteiger partial charge >= 0.3 is 0 Å². The van der Waals surface area contributed by atoms with Crippen molar-refractivity contribution in [3.63, 3.8) is 0 Å². The first kappa shape index (κ1) is 11.4. The van der Waals surface area contributed by atoms with E-state index in [9.17, 15) is 9.59 Å². The molecule has 0 radical (unpaired) electrons. The minimum absolute atomic E-state index is 0.0847. The normalized spacial score (nSPS) is 16.2. The number of piperazine rings is 1. The largest absolute Gasteiger partial charge is 0.338 e. The first-order chi connectivity index (χ1) is 8.11. The van der Waals surface area contributed by atoms with E-state index >= 15 is 0 Å². The molecule has 0 aliphatic carbocycles. The molecule has 17 heavy (non-hydrogen) atoms. The topological polar surface area (TPSA) is 58.4 Å². The van der Waals surface area contributed by atoms with Crippen LogP contribution < -0.4 is 4.90 Å². The molecule has 1 aliphatic rings. The molecule has 1 aromatic rings. The Kier molecular flexibility index (Phi) is 2.95. The SMILES string of the molecule is C=CC(=O)N1CCN(c2cn(C)cn2)C(=O)C1. The highest BCUT2D eigenvalue weighted by atomic mass is 16.2. The van der Waals surface area contributed by atoms with Gasteiger partial charge in [-0.15, -0.1) is 0 Å². The number of anilines is 1. The highest BCUT2D eigenvalue weighted by molar-refractivity contribution is 5.98. The third kappa shape index (κ3) is 2.20. The fourth-order valence-corrected chi connectivity index (χ4v) is 1.77. The zero-order valence-corrected chi connectivity index (χ0v) is 9.67. The first-order valence-corrected chi connectivity index (χ1v) is 5.31. The van der Waals surface area contributed by atoms with Crippen LogP contribution in [0.1, 0.15) is 0 Å². The lowest BCUT2D eigenvalue weighted by atomic mass is 10.3. The fourth-order valence-electron chi connectivity index (χ4n) is 1.77. The quantitative estimate of drug-likeness (QED) is 0.665. The third-order valence-electron chi connectivity index (χ3n) is 2.67. The Morgan fingerprint density at radius 2 is 2.29 bits per heavy atom. The Hall–Kier alpha value is -2.11. The lowest BCUT2D eigenvalue weighted by Crippen LogP contribution is -2.52. The van der Waals surface area contributed by atoms with Gasteiger partial charge in [0.2, 0.25) is 11.8 Å². The molecule has 2 amide bonds. The summed E-state index contributed by atoms with van der Waals surface area (Å²) in [5, 5.41) is 0. The summed E-state index contributed by atoms with van der Waals surface area (Å²) in [5.74, 6) is 0.298. The Bertz CT molecular complexity index is 466. The first-order valence-electron chi connectivity index (χ1n) is 5.31. The van der Waals surface area contributed by atoms with E-state index in [1.54, 1.807) is 22.0 Å². The van der Waals surface area contributed by atoms with E-state index in [1.165, 1.54) is 11.0 Å². The van der Waals surface area contributed by atoms with Crippen LogP contribution in [0.4, 0.5) is 5.82 Å². The zero-order valence-electron chi connectivity index (χ0n) is 9.67. The second kappa shape index (κ2) is 4.40. The molecular weight excluding hydrogens is 220 g/mol. The minimum Gasteiger partial charge on any atom is -0.338 e. The van der Waals surface area contributed by atoms with Gasteiger partial charge in [0.05, 0.1) is 6.33 Å². The number of hydrogen-bond acceptors (Lipinski definition) is 3. The van der Waals surface area contributed by atoms with Crippen molar-refractivity contribution in [2.24, 2.45) is 7.05 Å². The van der Waals surface area contributed by atoms with E-state index in [1.807, 2.05) is 7.05 Å². The van der Waals surface area contributed by atoms with Gasteiger partial charge in [0.1, 0.15) is 6.54 Å². The predicted molar refractivity (Wildman–Crippen MR) is 62.3 cm³/mol. The van der Waals surface area contributed by atoms with E-state index < -0.39 is 0 Å². The average Bonchev–Trinajstić information content (AvgIpc) is 2.74. The molecule has 1 saturated heterocycles. The van der Waals surface area contributed by atoms with Gasteiger partial charge < -0.3 is 9.47 Å². The second-order valence-electron chi connectivity index (χ2n) is 3.91. The number of carbonyl (C=O) groups excluding carboxylic acids is 2. The van der Waals surface area contributed by atoms with E-state index in [-0.39, 0.29) is 18.4 Å². The smallest absolute Gasteiger partial charge is 0.247 e. The Morgan fingerprint density at radius 1 is 1.53 bits per heavy atom. The van der Waals surface area contributed by atoms with Crippen LogP contribution in [0.25, 0.3) is 0 Å². The van der Waals surface area contributed by atoms with Gasteiger partial charge in [-0.05, 0) is 6.08 Å². The van der Waals surface area contributed by atoms with Gasteiger partial charge in [-0.25, -0.2) is 4.98 Å². The Labute approximate surface area is 99.1 Å². The van der Waals surface area contributed by atoms with Crippen molar-refractivity contribution < 1.29 is 9.59 Å². The lowest BCUT2D eigenvalue weighted by molar-refractivity contribution is -0.133. The van der Waals surface area contributed by atoms with E-state index in [0.717, 1.165) is 0 Å². The molecule has 0 unspecified atom stereocenters. The van der Waals surface area contributed by atoms with Crippen LogP contribution in [0, 0.1) is 0 Å². The molecule has 90 valence electrons. The van der Waals surface area contributed by atoms with Gasteiger partial charge in [-0.3, -0.25) is 14.5 Å².